The number of allylic oxidation sites excluding steroid dienone is 1. The van der Waals surface area contributed by atoms with Crippen LogP contribution in [0.5, 0.6) is 5.88 Å². The van der Waals surface area contributed by atoms with Crippen LogP contribution in [0.25, 0.3) is 17.3 Å². The Morgan fingerprint density at radius 2 is 1.89 bits per heavy atom. The van der Waals surface area contributed by atoms with Gasteiger partial charge in [0.25, 0.3) is 0 Å². The predicted octanol–water partition coefficient (Wildman–Crippen LogP) is 5.00. The molecule has 0 saturated heterocycles. The fourth-order valence-electron chi connectivity index (χ4n) is 2.85. The minimum atomic E-state index is -4.50. The molecule has 4 rings (SSSR count). The number of hydrogen-bond donors (Lipinski definition) is 2. The zero-order valence-electron chi connectivity index (χ0n) is 13.7. The number of thiazole rings is 1. The quantitative estimate of drug-likeness (QED) is 0.639. The van der Waals surface area contributed by atoms with Crippen molar-refractivity contribution in [2.45, 2.75) is 6.18 Å². The van der Waals surface area contributed by atoms with Crippen molar-refractivity contribution >= 4 is 34.9 Å². The topological polar surface area (TPSA) is 61.4 Å². The van der Waals surface area contributed by atoms with Gasteiger partial charge in [-0.1, -0.05) is 35.6 Å². The number of hydrogen-bond acceptors (Lipinski definition) is 4. The van der Waals surface area contributed by atoms with Crippen LogP contribution in [0.1, 0.15) is 16.0 Å². The van der Waals surface area contributed by atoms with Gasteiger partial charge in [0.05, 0.1) is 21.8 Å². The Morgan fingerprint density at radius 3 is 2.67 bits per heavy atom. The number of aliphatic imine (C=N–C) groups is 1. The predicted molar refractivity (Wildman–Crippen MR) is 98.6 cm³/mol. The van der Waals surface area contributed by atoms with Crippen molar-refractivity contribution in [1.82, 2.24) is 4.57 Å². The Labute approximate surface area is 155 Å². The highest BCUT2D eigenvalue weighted by Gasteiger charge is 2.30. The molecule has 2 heterocycles. The smallest absolute Gasteiger partial charge is 0.416 e. The molecule has 0 saturated carbocycles. The Hall–Kier alpha value is -3.13. The fraction of sp³-hybridized carbons (Fsp3) is 0.0526. The second-order valence-electron chi connectivity index (χ2n) is 5.85. The third-order valence-corrected chi connectivity index (χ3v) is 5.01. The molecular weight excluding hydrogens is 375 g/mol. The number of aromatic nitrogens is 1. The summed E-state index contributed by atoms with van der Waals surface area (Å²) in [5, 5.41) is 18.6. The van der Waals surface area contributed by atoms with Crippen molar-refractivity contribution in [3.05, 3.63) is 69.3 Å². The van der Waals surface area contributed by atoms with E-state index in [1.54, 1.807) is 12.3 Å². The van der Waals surface area contributed by atoms with E-state index in [1.807, 2.05) is 24.3 Å². The van der Waals surface area contributed by atoms with Crippen molar-refractivity contribution in [2.75, 3.05) is 0 Å². The van der Waals surface area contributed by atoms with Gasteiger partial charge >= 0.3 is 6.18 Å². The normalized spacial score (nSPS) is 14.7. The lowest BCUT2D eigenvalue weighted by atomic mass is 10.1. The van der Waals surface area contributed by atoms with Crippen molar-refractivity contribution < 1.29 is 18.3 Å². The maximum Gasteiger partial charge on any atom is 0.416 e. The van der Waals surface area contributed by atoms with E-state index in [-0.39, 0.29) is 16.4 Å². The first-order valence-corrected chi connectivity index (χ1v) is 8.68. The van der Waals surface area contributed by atoms with Gasteiger partial charge in [0.15, 0.2) is 4.80 Å². The Morgan fingerprint density at radius 1 is 1.11 bits per heavy atom. The number of fused-ring (bicyclic) bond motifs is 1. The molecule has 136 valence electrons. The zero-order chi connectivity index (χ0) is 19.2. The molecule has 0 fully saturated rings. The highest BCUT2D eigenvalue weighted by atomic mass is 32.1. The monoisotopic (exact) mass is 387 g/mol. The Bertz CT molecular complexity index is 1160. The molecule has 1 aromatic heterocycles. The van der Waals surface area contributed by atoms with Crippen LogP contribution >= 0.6 is 11.3 Å². The molecule has 2 N–H and O–H groups in total. The largest absolute Gasteiger partial charge is 0.493 e. The summed E-state index contributed by atoms with van der Waals surface area (Å²) >= 11 is 0.971. The van der Waals surface area contributed by atoms with Gasteiger partial charge in [-0.15, -0.1) is 0 Å². The van der Waals surface area contributed by atoms with E-state index < -0.39 is 11.7 Å². The van der Waals surface area contributed by atoms with Gasteiger partial charge in [0.1, 0.15) is 0 Å². The third-order valence-electron chi connectivity index (χ3n) is 4.12. The number of benzene rings is 2. The van der Waals surface area contributed by atoms with Crippen LogP contribution in [0.4, 0.5) is 18.9 Å². The SMILES string of the molecule is N=c1sc(/C=C2\C=Nc3ccccc32)c(O)n1-c1cccc(C(F)(F)F)c1. The standard InChI is InChI=1S/C19H12F3N3OS/c20-19(21,22)12-4-3-5-13(9-12)25-17(26)16(27-18(25)23)8-11-10-24-15-7-2-1-6-14(11)15/h1-10,23,26H/b11-8+,23-18?. The average Bonchev–Trinajstić information content (AvgIpc) is 3.16. The van der Waals surface area contributed by atoms with Crippen molar-refractivity contribution in [1.29, 1.82) is 5.41 Å². The van der Waals surface area contributed by atoms with Crippen LogP contribution in [-0.2, 0) is 6.18 Å². The lowest BCUT2D eigenvalue weighted by Gasteiger charge is -2.10. The molecule has 27 heavy (non-hydrogen) atoms. The molecule has 0 amide bonds. The van der Waals surface area contributed by atoms with Gasteiger partial charge in [-0.3, -0.25) is 15.0 Å². The molecule has 0 radical (unpaired) electrons. The van der Waals surface area contributed by atoms with Gasteiger partial charge < -0.3 is 5.11 Å². The maximum absolute atomic E-state index is 13.0. The van der Waals surface area contributed by atoms with Gasteiger partial charge in [-0.25, -0.2) is 0 Å². The van der Waals surface area contributed by atoms with Gasteiger partial charge in [0, 0.05) is 17.4 Å². The first-order valence-electron chi connectivity index (χ1n) is 7.87. The van der Waals surface area contributed by atoms with E-state index in [1.165, 1.54) is 12.1 Å². The Kier molecular flexibility index (Phi) is 4.00. The van der Waals surface area contributed by atoms with Crippen molar-refractivity contribution in [3.8, 4) is 11.6 Å². The summed E-state index contributed by atoms with van der Waals surface area (Å²) in [7, 11) is 0. The van der Waals surface area contributed by atoms with Crippen LogP contribution < -0.4 is 4.80 Å². The number of halogens is 3. The summed E-state index contributed by atoms with van der Waals surface area (Å²) in [6, 6.07) is 12.0. The molecule has 4 nitrogen and oxygen atoms in total. The summed E-state index contributed by atoms with van der Waals surface area (Å²) < 4.78 is 40.0. The molecule has 8 heteroatoms. The van der Waals surface area contributed by atoms with Crippen LogP contribution in [-0.4, -0.2) is 15.9 Å². The minimum Gasteiger partial charge on any atom is -0.493 e. The van der Waals surface area contributed by atoms with E-state index in [0.717, 1.165) is 44.9 Å². The molecule has 3 aromatic rings. The Balaban J connectivity index is 1.80. The lowest BCUT2D eigenvalue weighted by molar-refractivity contribution is -0.137. The number of alkyl halides is 3. The first-order chi connectivity index (χ1) is 12.8. The summed E-state index contributed by atoms with van der Waals surface area (Å²) in [5.74, 6) is -0.283. The number of rotatable bonds is 2. The van der Waals surface area contributed by atoms with E-state index in [0.29, 0.717) is 4.88 Å². The number of nitrogens with zero attached hydrogens (tertiary/aromatic N) is 2. The molecule has 1 aliphatic rings. The molecule has 0 unspecified atom stereocenters. The molecule has 0 atom stereocenters. The van der Waals surface area contributed by atoms with E-state index in [4.69, 9.17) is 5.41 Å². The minimum absolute atomic E-state index is 0.0775. The third kappa shape index (κ3) is 3.08. The fourth-order valence-corrected chi connectivity index (χ4v) is 3.71. The summed E-state index contributed by atoms with van der Waals surface area (Å²) in [6.07, 6.45) is -1.17. The number of nitrogens with one attached hydrogen (secondary N) is 1. The van der Waals surface area contributed by atoms with Crippen LogP contribution in [0.3, 0.4) is 0 Å². The van der Waals surface area contributed by atoms with Crippen LogP contribution in [0.15, 0.2) is 53.5 Å². The highest BCUT2D eigenvalue weighted by molar-refractivity contribution is 7.10. The molecule has 1 aliphatic heterocycles. The van der Waals surface area contributed by atoms with E-state index >= 15 is 0 Å². The zero-order valence-corrected chi connectivity index (χ0v) is 14.5. The molecule has 2 aromatic carbocycles. The molecule has 0 spiro atoms. The van der Waals surface area contributed by atoms with Gasteiger partial charge in [0.2, 0.25) is 5.88 Å². The maximum atomic E-state index is 13.0. The molecule has 0 aliphatic carbocycles. The van der Waals surface area contributed by atoms with Crippen molar-refractivity contribution in [2.24, 2.45) is 4.99 Å². The number of para-hydroxylation sites is 1. The van der Waals surface area contributed by atoms with Gasteiger partial charge in [-0.05, 0) is 30.3 Å². The first kappa shape index (κ1) is 17.3. The van der Waals surface area contributed by atoms with Crippen LogP contribution in [0, 0.1) is 5.41 Å². The average molecular weight is 387 g/mol. The second kappa shape index (κ2) is 6.24. The van der Waals surface area contributed by atoms with Crippen molar-refractivity contribution in [3.63, 3.8) is 0 Å². The lowest BCUT2D eigenvalue weighted by Crippen LogP contribution is -2.12. The van der Waals surface area contributed by atoms with E-state index in [2.05, 4.69) is 4.99 Å². The van der Waals surface area contributed by atoms with Crippen LogP contribution in [0.2, 0.25) is 0 Å². The molecule has 0 bridgehead atoms. The number of aromatic hydroxyl groups is 1. The molecular formula is C19H12F3N3OS. The highest BCUT2D eigenvalue weighted by Crippen LogP contribution is 2.35. The summed E-state index contributed by atoms with van der Waals surface area (Å²) in [4.78, 5) is 4.57. The van der Waals surface area contributed by atoms with E-state index in [9.17, 15) is 18.3 Å². The second-order valence-corrected chi connectivity index (χ2v) is 6.88. The summed E-state index contributed by atoms with van der Waals surface area (Å²) in [6.45, 7) is 0. The summed E-state index contributed by atoms with van der Waals surface area (Å²) in [5.41, 5.74) is 1.69. The van der Waals surface area contributed by atoms with Gasteiger partial charge in [-0.2, -0.15) is 13.2 Å².